The first-order valence-electron chi connectivity index (χ1n) is 13.5. The molecule has 0 radical (unpaired) electrons. The van der Waals surface area contributed by atoms with Crippen molar-refractivity contribution in [1.82, 2.24) is 5.32 Å². The smallest absolute Gasteiger partial charge is 0.748 e. The number of amides is 1. The molecular weight excluding hydrogens is 493 g/mol. The van der Waals surface area contributed by atoms with E-state index in [9.17, 15) is 33.1 Å². The Morgan fingerprint density at radius 2 is 1.64 bits per heavy atom. The molecule has 0 spiro atoms. The maximum absolute atomic E-state index is 12.2. The largest absolute Gasteiger partial charge is 1.00 e. The summed E-state index contributed by atoms with van der Waals surface area (Å²) in [6, 6.07) is 0. The third-order valence-electron chi connectivity index (χ3n) is 11.0. The van der Waals surface area contributed by atoms with Gasteiger partial charge in [0, 0.05) is 13.0 Å². The summed E-state index contributed by atoms with van der Waals surface area (Å²) in [5.41, 5.74) is -0.00495. The van der Waals surface area contributed by atoms with Gasteiger partial charge in [-0.15, -0.1) is 0 Å². The zero-order valence-electron chi connectivity index (χ0n) is 22.4. The fraction of sp³-hybridized carbons (Fsp3) is 0.962. The van der Waals surface area contributed by atoms with E-state index in [0.717, 1.165) is 38.5 Å². The van der Waals surface area contributed by atoms with Gasteiger partial charge in [-0.1, -0.05) is 20.8 Å². The molecule has 202 valence electrons. The molecule has 10 heteroatoms. The number of carbonyl (C=O) groups is 1. The van der Waals surface area contributed by atoms with Gasteiger partial charge in [0.2, 0.25) is 5.91 Å². The molecule has 0 heterocycles. The molecule has 0 unspecified atom stereocenters. The fourth-order valence-corrected chi connectivity index (χ4v) is 9.53. The monoisotopic (exact) mass is 537 g/mol. The number of fused-ring (bicyclic) bond motifs is 5. The second kappa shape index (κ2) is 11.4. The van der Waals surface area contributed by atoms with Crippen molar-refractivity contribution >= 4 is 16.0 Å². The van der Waals surface area contributed by atoms with Crippen molar-refractivity contribution < 1.29 is 62.6 Å². The van der Waals surface area contributed by atoms with Crippen LogP contribution in [-0.2, 0) is 14.9 Å². The van der Waals surface area contributed by atoms with Crippen molar-refractivity contribution in [3.63, 3.8) is 0 Å². The van der Waals surface area contributed by atoms with Crippen LogP contribution >= 0.6 is 0 Å². The van der Waals surface area contributed by atoms with Gasteiger partial charge < -0.3 is 25.2 Å². The van der Waals surface area contributed by atoms with Crippen LogP contribution in [0.25, 0.3) is 0 Å². The second-order valence-corrected chi connectivity index (χ2v) is 14.2. The summed E-state index contributed by atoms with van der Waals surface area (Å²) >= 11 is 0. The molecular formula is C26H44NNaO7S. The van der Waals surface area contributed by atoms with E-state index in [2.05, 4.69) is 26.1 Å². The minimum absolute atomic E-state index is 0. The third kappa shape index (κ3) is 5.74. The van der Waals surface area contributed by atoms with Crippen molar-refractivity contribution in [3.05, 3.63) is 0 Å². The van der Waals surface area contributed by atoms with E-state index in [-0.39, 0.29) is 70.8 Å². The Kier molecular flexibility index (Phi) is 9.75. The minimum Gasteiger partial charge on any atom is -0.748 e. The predicted octanol–water partition coefficient (Wildman–Crippen LogP) is -0.970. The summed E-state index contributed by atoms with van der Waals surface area (Å²) in [6.07, 6.45) is 5.46. The zero-order chi connectivity index (χ0) is 25.8. The van der Waals surface area contributed by atoms with Crippen molar-refractivity contribution in [2.24, 2.45) is 46.3 Å². The molecule has 36 heavy (non-hydrogen) atoms. The van der Waals surface area contributed by atoms with E-state index in [1.807, 2.05) is 0 Å². The van der Waals surface area contributed by atoms with Gasteiger partial charge in [0.15, 0.2) is 0 Å². The molecule has 11 atom stereocenters. The number of rotatable bonds is 7. The molecule has 0 aromatic heterocycles. The molecule has 0 aromatic rings. The molecule has 0 aromatic carbocycles. The molecule has 4 fully saturated rings. The first-order valence-corrected chi connectivity index (χ1v) is 15.1. The minimum atomic E-state index is -4.33. The Hall–Kier alpha value is 0.260. The first-order chi connectivity index (χ1) is 16.3. The maximum atomic E-state index is 12.2. The fourth-order valence-electron chi connectivity index (χ4n) is 9.18. The van der Waals surface area contributed by atoms with Gasteiger partial charge in [0.25, 0.3) is 0 Å². The summed E-state index contributed by atoms with van der Waals surface area (Å²) in [4.78, 5) is 12.2. The Bertz CT molecular complexity index is 903. The summed E-state index contributed by atoms with van der Waals surface area (Å²) in [5, 5.41) is 35.3. The van der Waals surface area contributed by atoms with E-state index in [4.69, 9.17) is 0 Å². The Morgan fingerprint density at radius 3 is 2.31 bits per heavy atom. The van der Waals surface area contributed by atoms with Crippen LogP contribution in [-0.4, -0.2) is 64.8 Å². The van der Waals surface area contributed by atoms with E-state index in [1.54, 1.807) is 0 Å². The molecule has 4 rings (SSSR count). The van der Waals surface area contributed by atoms with Crippen molar-refractivity contribution in [1.29, 1.82) is 0 Å². The molecule has 4 aliphatic rings. The maximum Gasteiger partial charge on any atom is 1.00 e. The van der Waals surface area contributed by atoms with Crippen LogP contribution in [0, 0.1) is 46.3 Å². The SMILES string of the molecule is C[C@H](CCC(=O)NCCS(=O)(=O)[O-])[C@H]1CC[C@H]2[C@@H]3[C@@H](O)[C@H](O)[C@@H]4C[C@H](O)CC[C@]4(C)[C@H]3CC[C@]12C.[Na+]. The number of aliphatic hydroxyl groups is 3. The van der Waals surface area contributed by atoms with Gasteiger partial charge in [-0.3, -0.25) is 4.79 Å². The van der Waals surface area contributed by atoms with Gasteiger partial charge in [0.1, 0.15) is 0 Å². The van der Waals surface area contributed by atoms with Crippen LogP contribution in [0.2, 0.25) is 0 Å². The Morgan fingerprint density at radius 1 is 1.00 bits per heavy atom. The van der Waals surface area contributed by atoms with Crippen LogP contribution in [0.5, 0.6) is 0 Å². The summed E-state index contributed by atoms with van der Waals surface area (Å²) in [5.74, 6) is 0.598. The van der Waals surface area contributed by atoms with Gasteiger partial charge in [-0.2, -0.15) is 0 Å². The summed E-state index contributed by atoms with van der Waals surface area (Å²) in [7, 11) is -4.33. The second-order valence-electron chi connectivity index (χ2n) is 12.7. The molecule has 0 aliphatic heterocycles. The standard InChI is InChI=1S/C26H45NO7S.Na/c1-15(4-7-21(29)27-12-13-35(32,33)34)17-5-6-18-22-19(9-11-25(17,18)2)26(3)10-8-16(28)14-20(26)23(30)24(22)31;/h15-20,22-24,28,30-31H,4-14H2,1-3H3,(H,27,29)(H,32,33,34);/q;+1/p-1/t15-,16-,17-,18+,19+,20+,22+,23-,24-,25-,26-;/m1./s1. The van der Waals surface area contributed by atoms with E-state index in [0.29, 0.717) is 42.9 Å². The number of carbonyl (C=O) groups excluding carboxylic acids is 1. The molecule has 8 nitrogen and oxygen atoms in total. The average Bonchev–Trinajstić information content (AvgIpc) is 3.13. The van der Waals surface area contributed by atoms with Crippen LogP contribution in [0.1, 0.15) is 78.6 Å². The summed E-state index contributed by atoms with van der Waals surface area (Å²) < 4.78 is 32.2. The molecule has 0 bridgehead atoms. The Balaban J connectivity index is 0.00000361. The zero-order valence-corrected chi connectivity index (χ0v) is 25.2. The average molecular weight is 538 g/mol. The Labute approximate surface area is 238 Å². The van der Waals surface area contributed by atoms with Crippen LogP contribution in [0.3, 0.4) is 0 Å². The van der Waals surface area contributed by atoms with Crippen molar-refractivity contribution in [3.8, 4) is 0 Å². The van der Waals surface area contributed by atoms with Crippen molar-refractivity contribution in [2.45, 2.75) is 96.9 Å². The van der Waals surface area contributed by atoms with Gasteiger partial charge >= 0.3 is 29.6 Å². The van der Waals surface area contributed by atoms with Crippen LogP contribution in [0.15, 0.2) is 0 Å². The van der Waals surface area contributed by atoms with E-state index in [1.165, 1.54) is 0 Å². The van der Waals surface area contributed by atoms with E-state index < -0.39 is 28.1 Å². The number of hydrogen-bond donors (Lipinski definition) is 4. The molecule has 4 saturated carbocycles. The first kappa shape index (κ1) is 30.8. The van der Waals surface area contributed by atoms with E-state index >= 15 is 0 Å². The third-order valence-corrected chi connectivity index (χ3v) is 11.7. The van der Waals surface area contributed by atoms with Crippen LogP contribution < -0.4 is 34.9 Å². The normalized spacial score (nSPS) is 45.0. The van der Waals surface area contributed by atoms with Crippen molar-refractivity contribution in [2.75, 3.05) is 12.3 Å². The quantitative estimate of drug-likeness (QED) is 0.241. The number of aliphatic hydroxyl groups excluding tert-OH is 3. The van der Waals surface area contributed by atoms with Gasteiger partial charge in [-0.05, 0) is 97.7 Å². The number of hydrogen-bond acceptors (Lipinski definition) is 7. The van der Waals surface area contributed by atoms with Gasteiger partial charge in [0.05, 0.1) is 34.2 Å². The number of nitrogens with one attached hydrogen (secondary N) is 1. The van der Waals surface area contributed by atoms with Crippen LogP contribution in [0.4, 0.5) is 0 Å². The topological polar surface area (TPSA) is 147 Å². The molecule has 1 amide bonds. The summed E-state index contributed by atoms with van der Waals surface area (Å²) in [6.45, 7) is 6.66. The molecule has 4 aliphatic carbocycles. The van der Waals surface area contributed by atoms with Gasteiger partial charge in [-0.25, -0.2) is 8.42 Å². The molecule has 0 saturated heterocycles. The predicted molar refractivity (Wildman–Crippen MR) is 130 cm³/mol. The molecule has 4 N–H and O–H groups in total.